The quantitative estimate of drug-likeness (QED) is 0.650. The number of fused-ring (bicyclic) bond motifs is 1. The van der Waals surface area contributed by atoms with Crippen LogP contribution in [0.4, 0.5) is 5.69 Å². The first-order valence-corrected chi connectivity index (χ1v) is 3.67. The molecule has 0 amide bonds. The summed E-state index contributed by atoms with van der Waals surface area (Å²) in [5.74, 6) is 0.896. The highest BCUT2D eigenvalue weighted by molar-refractivity contribution is 5.62. The second-order valence-electron chi connectivity index (χ2n) is 2.51. The van der Waals surface area contributed by atoms with Crippen molar-refractivity contribution >= 4 is 5.69 Å². The number of rotatable bonds is 1. The predicted octanol–water partition coefficient (Wildman–Crippen LogP) is 1.06. The Kier molecular flexibility index (Phi) is 1.42. The zero-order valence-electron chi connectivity index (χ0n) is 6.42. The molecule has 0 atom stereocenters. The van der Waals surface area contributed by atoms with Crippen molar-refractivity contribution in [2.24, 2.45) is 0 Å². The van der Waals surface area contributed by atoms with Crippen LogP contribution in [-0.2, 0) is 6.42 Å². The number of anilines is 1. The van der Waals surface area contributed by atoms with Gasteiger partial charge in [-0.05, 0) is 0 Å². The highest BCUT2D eigenvalue weighted by Crippen LogP contribution is 2.29. The molecule has 1 aliphatic rings. The minimum Gasteiger partial charge on any atom is -0.494 e. The number of nitrogens with one attached hydrogen (secondary N) is 1. The van der Waals surface area contributed by atoms with Crippen molar-refractivity contribution in [1.29, 1.82) is 0 Å². The SMILES string of the molecule is COc1ccnc2c1NCC2. The molecule has 1 aliphatic heterocycles. The normalized spacial score (nSPS) is 13.9. The van der Waals surface area contributed by atoms with E-state index in [-0.39, 0.29) is 0 Å². The smallest absolute Gasteiger partial charge is 0.145 e. The third-order valence-corrected chi connectivity index (χ3v) is 1.87. The fourth-order valence-electron chi connectivity index (χ4n) is 1.34. The summed E-state index contributed by atoms with van der Waals surface area (Å²) in [6, 6.07) is 1.87. The Morgan fingerprint density at radius 2 is 2.55 bits per heavy atom. The molecule has 0 unspecified atom stereocenters. The maximum Gasteiger partial charge on any atom is 0.145 e. The van der Waals surface area contributed by atoms with Gasteiger partial charge in [0.1, 0.15) is 5.75 Å². The van der Waals surface area contributed by atoms with Crippen molar-refractivity contribution < 1.29 is 4.74 Å². The number of aromatic nitrogens is 1. The molecule has 0 fully saturated rings. The van der Waals surface area contributed by atoms with Gasteiger partial charge in [-0.15, -0.1) is 0 Å². The summed E-state index contributed by atoms with van der Waals surface area (Å²) in [5.41, 5.74) is 2.18. The van der Waals surface area contributed by atoms with E-state index in [1.165, 1.54) is 0 Å². The first kappa shape index (κ1) is 6.46. The van der Waals surface area contributed by atoms with Gasteiger partial charge in [0.15, 0.2) is 0 Å². The average molecular weight is 150 g/mol. The van der Waals surface area contributed by atoms with Crippen LogP contribution in [0.15, 0.2) is 12.3 Å². The van der Waals surface area contributed by atoms with E-state index in [0.29, 0.717) is 0 Å². The number of methoxy groups -OCH3 is 1. The van der Waals surface area contributed by atoms with E-state index in [1.54, 1.807) is 13.3 Å². The molecule has 0 radical (unpaired) electrons. The van der Waals surface area contributed by atoms with Crippen LogP contribution in [0.5, 0.6) is 5.75 Å². The van der Waals surface area contributed by atoms with Gasteiger partial charge in [0.25, 0.3) is 0 Å². The van der Waals surface area contributed by atoms with Crippen LogP contribution in [0.3, 0.4) is 0 Å². The van der Waals surface area contributed by atoms with E-state index in [4.69, 9.17) is 4.74 Å². The summed E-state index contributed by atoms with van der Waals surface area (Å²) in [6.07, 6.45) is 2.79. The molecule has 58 valence electrons. The van der Waals surface area contributed by atoms with Crippen LogP contribution in [0.2, 0.25) is 0 Å². The first-order chi connectivity index (χ1) is 5.42. The van der Waals surface area contributed by atoms with Crippen molar-refractivity contribution in [1.82, 2.24) is 4.98 Å². The number of hydrogen-bond donors (Lipinski definition) is 1. The maximum absolute atomic E-state index is 5.15. The Balaban J connectivity index is 2.50. The summed E-state index contributed by atoms with van der Waals surface area (Å²) < 4.78 is 5.15. The molecule has 3 nitrogen and oxygen atoms in total. The monoisotopic (exact) mass is 150 g/mol. The maximum atomic E-state index is 5.15. The molecule has 1 aromatic rings. The molecule has 3 heteroatoms. The van der Waals surface area contributed by atoms with Gasteiger partial charge in [-0.1, -0.05) is 0 Å². The van der Waals surface area contributed by atoms with Crippen molar-refractivity contribution in [3.8, 4) is 5.75 Å². The van der Waals surface area contributed by atoms with Crippen LogP contribution >= 0.6 is 0 Å². The second-order valence-corrected chi connectivity index (χ2v) is 2.51. The summed E-state index contributed by atoms with van der Waals surface area (Å²) in [5, 5.41) is 3.23. The summed E-state index contributed by atoms with van der Waals surface area (Å²) in [4.78, 5) is 4.23. The standard InChI is InChI=1S/C8H10N2O/c1-11-7-3-5-9-6-2-4-10-8(6)7/h3,5,10H,2,4H2,1H3. The molecule has 0 saturated carbocycles. The van der Waals surface area contributed by atoms with Gasteiger partial charge in [-0.2, -0.15) is 0 Å². The summed E-state index contributed by atoms with van der Waals surface area (Å²) in [7, 11) is 1.68. The zero-order chi connectivity index (χ0) is 7.68. The Bertz CT molecular complexity index is 273. The highest BCUT2D eigenvalue weighted by Gasteiger charge is 2.14. The van der Waals surface area contributed by atoms with E-state index in [9.17, 15) is 0 Å². The van der Waals surface area contributed by atoms with Crippen LogP contribution in [0, 0.1) is 0 Å². The lowest BCUT2D eigenvalue weighted by Crippen LogP contribution is -1.94. The van der Waals surface area contributed by atoms with Crippen LogP contribution in [0.25, 0.3) is 0 Å². The summed E-state index contributed by atoms with van der Waals surface area (Å²) in [6.45, 7) is 0.975. The predicted molar refractivity (Wildman–Crippen MR) is 43.0 cm³/mol. The van der Waals surface area contributed by atoms with E-state index in [0.717, 1.165) is 30.1 Å². The number of ether oxygens (including phenoxy) is 1. The highest BCUT2D eigenvalue weighted by atomic mass is 16.5. The number of nitrogens with zero attached hydrogens (tertiary/aromatic N) is 1. The van der Waals surface area contributed by atoms with Gasteiger partial charge in [0, 0.05) is 25.2 Å². The Morgan fingerprint density at radius 3 is 3.36 bits per heavy atom. The molecule has 2 rings (SSSR count). The minimum atomic E-state index is 0.896. The van der Waals surface area contributed by atoms with Crippen molar-refractivity contribution in [2.75, 3.05) is 19.0 Å². The Labute approximate surface area is 65.4 Å². The van der Waals surface area contributed by atoms with E-state index in [1.807, 2.05) is 6.07 Å². The average Bonchev–Trinajstić information content (AvgIpc) is 2.50. The van der Waals surface area contributed by atoms with Gasteiger partial charge in [0.05, 0.1) is 18.5 Å². The molecular weight excluding hydrogens is 140 g/mol. The molecule has 1 N–H and O–H groups in total. The molecule has 0 bridgehead atoms. The van der Waals surface area contributed by atoms with Crippen LogP contribution in [-0.4, -0.2) is 18.6 Å². The third kappa shape index (κ3) is 0.926. The molecule has 0 spiro atoms. The number of pyridine rings is 1. The molecule has 0 saturated heterocycles. The van der Waals surface area contributed by atoms with Crippen LogP contribution in [0.1, 0.15) is 5.69 Å². The van der Waals surface area contributed by atoms with Crippen LogP contribution < -0.4 is 10.1 Å². The molecule has 1 aromatic heterocycles. The lowest BCUT2D eigenvalue weighted by atomic mass is 10.3. The molecule has 2 heterocycles. The van der Waals surface area contributed by atoms with Gasteiger partial charge >= 0.3 is 0 Å². The largest absolute Gasteiger partial charge is 0.494 e. The molecule has 11 heavy (non-hydrogen) atoms. The number of hydrogen-bond acceptors (Lipinski definition) is 3. The Morgan fingerprint density at radius 1 is 1.64 bits per heavy atom. The van der Waals surface area contributed by atoms with E-state index >= 15 is 0 Å². The topological polar surface area (TPSA) is 34.1 Å². The lowest BCUT2D eigenvalue weighted by Gasteiger charge is -2.04. The van der Waals surface area contributed by atoms with Gasteiger partial charge in [0.2, 0.25) is 0 Å². The van der Waals surface area contributed by atoms with Crippen molar-refractivity contribution in [3.05, 3.63) is 18.0 Å². The Hall–Kier alpha value is -1.25. The second kappa shape index (κ2) is 2.42. The fraction of sp³-hybridized carbons (Fsp3) is 0.375. The molecule has 0 aromatic carbocycles. The molecule has 0 aliphatic carbocycles. The van der Waals surface area contributed by atoms with E-state index < -0.39 is 0 Å². The zero-order valence-corrected chi connectivity index (χ0v) is 6.42. The van der Waals surface area contributed by atoms with Gasteiger partial charge in [-0.25, -0.2) is 0 Å². The molecular formula is C8H10N2O. The first-order valence-electron chi connectivity index (χ1n) is 3.67. The van der Waals surface area contributed by atoms with Gasteiger partial charge in [-0.3, -0.25) is 4.98 Å². The summed E-state index contributed by atoms with van der Waals surface area (Å²) >= 11 is 0. The van der Waals surface area contributed by atoms with Crippen molar-refractivity contribution in [3.63, 3.8) is 0 Å². The van der Waals surface area contributed by atoms with Gasteiger partial charge < -0.3 is 10.1 Å². The fourth-order valence-corrected chi connectivity index (χ4v) is 1.34. The lowest BCUT2D eigenvalue weighted by molar-refractivity contribution is 0.416. The van der Waals surface area contributed by atoms with Crippen molar-refractivity contribution in [2.45, 2.75) is 6.42 Å². The van der Waals surface area contributed by atoms with E-state index in [2.05, 4.69) is 10.3 Å². The third-order valence-electron chi connectivity index (χ3n) is 1.87. The minimum absolute atomic E-state index is 0.896.